The van der Waals surface area contributed by atoms with E-state index in [4.69, 9.17) is 5.73 Å². The molecule has 2 nitrogen and oxygen atoms in total. The molecule has 2 N–H and O–H groups in total. The number of benzene rings is 1. The Kier molecular flexibility index (Phi) is 4.63. The second kappa shape index (κ2) is 5.76. The first-order valence-corrected chi connectivity index (χ1v) is 5.62. The van der Waals surface area contributed by atoms with Crippen molar-refractivity contribution < 1.29 is 0 Å². The lowest BCUT2D eigenvalue weighted by Crippen LogP contribution is -2.25. The highest BCUT2D eigenvalue weighted by Crippen LogP contribution is 2.19. The quantitative estimate of drug-likeness (QED) is 0.801. The van der Waals surface area contributed by atoms with Crippen LogP contribution in [0.5, 0.6) is 0 Å². The number of para-hydroxylation sites is 1. The van der Waals surface area contributed by atoms with Crippen LogP contribution in [0.25, 0.3) is 0 Å². The van der Waals surface area contributed by atoms with Crippen molar-refractivity contribution in [2.75, 3.05) is 25.0 Å². The Labute approximate surface area is 93.1 Å². The molecule has 1 unspecified atom stereocenters. The molecule has 0 saturated carbocycles. The standard InChI is InChI=1S/C13H22N2/c1-11(8-9-14)10-15(3)13-7-5-4-6-12(13)2/h4-7,11H,8-10,14H2,1-3H3. The molecule has 1 aromatic rings. The molecule has 1 aromatic carbocycles. The minimum absolute atomic E-state index is 0.652. The molecule has 0 fully saturated rings. The largest absolute Gasteiger partial charge is 0.374 e. The van der Waals surface area contributed by atoms with Crippen molar-refractivity contribution in [3.05, 3.63) is 29.8 Å². The lowest BCUT2D eigenvalue weighted by molar-refractivity contribution is 0.539. The van der Waals surface area contributed by atoms with Gasteiger partial charge in [-0.15, -0.1) is 0 Å². The van der Waals surface area contributed by atoms with Crippen LogP contribution in [0.4, 0.5) is 5.69 Å². The van der Waals surface area contributed by atoms with E-state index in [0.29, 0.717) is 5.92 Å². The SMILES string of the molecule is Cc1ccccc1N(C)CC(C)CCN. The summed E-state index contributed by atoms with van der Waals surface area (Å²) < 4.78 is 0. The molecule has 0 aliphatic carbocycles. The summed E-state index contributed by atoms with van der Waals surface area (Å²) in [7, 11) is 2.15. The van der Waals surface area contributed by atoms with E-state index >= 15 is 0 Å². The van der Waals surface area contributed by atoms with Gasteiger partial charge in [0, 0.05) is 19.3 Å². The van der Waals surface area contributed by atoms with E-state index < -0.39 is 0 Å². The van der Waals surface area contributed by atoms with Gasteiger partial charge in [0.05, 0.1) is 0 Å². The van der Waals surface area contributed by atoms with Gasteiger partial charge in [0.25, 0.3) is 0 Å². The molecule has 0 aromatic heterocycles. The fourth-order valence-corrected chi connectivity index (χ4v) is 1.93. The van der Waals surface area contributed by atoms with Gasteiger partial charge in [0.15, 0.2) is 0 Å². The number of nitrogens with two attached hydrogens (primary N) is 1. The summed E-state index contributed by atoms with van der Waals surface area (Å²) >= 11 is 0. The van der Waals surface area contributed by atoms with Gasteiger partial charge in [0.2, 0.25) is 0 Å². The summed E-state index contributed by atoms with van der Waals surface area (Å²) in [6.45, 7) is 6.26. The maximum atomic E-state index is 5.56. The number of nitrogens with zero attached hydrogens (tertiary/aromatic N) is 1. The normalized spacial score (nSPS) is 12.5. The Bertz CT molecular complexity index is 296. The van der Waals surface area contributed by atoms with Gasteiger partial charge in [-0.1, -0.05) is 25.1 Å². The van der Waals surface area contributed by atoms with Crippen LogP contribution in [-0.2, 0) is 0 Å². The van der Waals surface area contributed by atoms with Gasteiger partial charge < -0.3 is 10.6 Å². The van der Waals surface area contributed by atoms with Crippen LogP contribution in [0.2, 0.25) is 0 Å². The molecule has 0 bridgehead atoms. The van der Waals surface area contributed by atoms with Gasteiger partial charge in [-0.3, -0.25) is 0 Å². The maximum absolute atomic E-state index is 5.56. The summed E-state index contributed by atoms with van der Waals surface area (Å²) in [4.78, 5) is 2.32. The lowest BCUT2D eigenvalue weighted by Gasteiger charge is -2.24. The van der Waals surface area contributed by atoms with Crippen LogP contribution in [0.15, 0.2) is 24.3 Å². The highest BCUT2D eigenvalue weighted by Gasteiger charge is 2.07. The van der Waals surface area contributed by atoms with Crippen LogP contribution in [-0.4, -0.2) is 20.1 Å². The highest BCUT2D eigenvalue weighted by molar-refractivity contribution is 5.52. The molecule has 0 aliphatic heterocycles. The number of anilines is 1. The number of hydrogen-bond acceptors (Lipinski definition) is 2. The number of rotatable bonds is 5. The summed E-state index contributed by atoms with van der Waals surface area (Å²) in [5.41, 5.74) is 8.21. The van der Waals surface area contributed by atoms with E-state index in [1.807, 2.05) is 0 Å². The third-order valence-corrected chi connectivity index (χ3v) is 2.77. The molecule has 0 saturated heterocycles. The lowest BCUT2D eigenvalue weighted by atomic mass is 10.1. The first kappa shape index (κ1) is 12.1. The van der Waals surface area contributed by atoms with Gasteiger partial charge in [-0.25, -0.2) is 0 Å². The van der Waals surface area contributed by atoms with E-state index in [1.165, 1.54) is 11.3 Å². The van der Waals surface area contributed by atoms with Gasteiger partial charge >= 0.3 is 0 Å². The second-order valence-corrected chi connectivity index (χ2v) is 4.35. The zero-order valence-corrected chi connectivity index (χ0v) is 10.0. The summed E-state index contributed by atoms with van der Waals surface area (Å²) in [5.74, 6) is 0.652. The van der Waals surface area contributed by atoms with E-state index in [1.54, 1.807) is 0 Å². The molecule has 0 amide bonds. The monoisotopic (exact) mass is 206 g/mol. The minimum atomic E-state index is 0.652. The van der Waals surface area contributed by atoms with Gasteiger partial charge in [0.1, 0.15) is 0 Å². The fourth-order valence-electron chi connectivity index (χ4n) is 1.93. The molecule has 0 radical (unpaired) electrons. The van der Waals surface area contributed by atoms with Crippen LogP contribution < -0.4 is 10.6 Å². The van der Waals surface area contributed by atoms with Crippen molar-refractivity contribution in [2.45, 2.75) is 20.3 Å². The zero-order chi connectivity index (χ0) is 11.3. The molecular formula is C13H22N2. The Hall–Kier alpha value is -1.02. The molecule has 0 spiro atoms. The van der Waals surface area contributed by atoms with Crippen molar-refractivity contribution in [2.24, 2.45) is 11.7 Å². The van der Waals surface area contributed by atoms with Crippen LogP contribution in [0.3, 0.4) is 0 Å². The second-order valence-electron chi connectivity index (χ2n) is 4.35. The van der Waals surface area contributed by atoms with Gasteiger partial charge in [-0.2, -0.15) is 0 Å². The predicted molar refractivity (Wildman–Crippen MR) is 67.3 cm³/mol. The Morgan fingerprint density at radius 3 is 2.60 bits per heavy atom. The van der Waals surface area contributed by atoms with Gasteiger partial charge in [-0.05, 0) is 37.4 Å². The first-order chi connectivity index (χ1) is 7.15. The third-order valence-electron chi connectivity index (χ3n) is 2.77. The molecule has 0 aliphatic rings. The van der Waals surface area contributed by atoms with Crippen LogP contribution in [0, 0.1) is 12.8 Å². The number of hydrogen-bond donors (Lipinski definition) is 1. The highest BCUT2D eigenvalue weighted by atomic mass is 15.1. The molecule has 84 valence electrons. The van der Waals surface area contributed by atoms with Crippen LogP contribution >= 0.6 is 0 Å². The van der Waals surface area contributed by atoms with E-state index in [9.17, 15) is 0 Å². The van der Waals surface area contributed by atoms with Crippen molar-refractivity contribution >= 4 is 5.69 Å². The topological polar surface area (TPSA) is 29.3 Å². The maximum Gasteiger partial charge on any atom is 0.0393 e. The summed E-state index contributed by atoms with van der Waals surface area (Å²) in [5, 5.41) is 0. The fraction of sp³-hybridized carbons (Fsp3) is 0.538. The molecule has 1 atom stereocenters. The minimum Gasteiger partial charge on any atom is -0.374 e. The average Bonchev–Trinajstić information content (AvgIpc) is 2.18. The molecule has 15 heavy (non-hydrogen) atoms. The van der Waals surface area contributed by atoms with Crippen LogP contribution in [0.1, 0.15) is 18.9 Å². The molecule has 1 rings (SSSR count). The molecular weight excluding hydrogens is 184 g/mol. The van der Waals surface area contributed by atoms with Crippen molar-refractivity contribution in [3.63, 3.8) is 0 Å². The summed E-state index contributed by atoms with van der Waals surface area (Å²) in [6.07, 6.45) is 1.09. The number of aryl methyl sites for hydroxylation is 1. The predicted octanol–water partition coefficient (Wildman–Crippen LogP) is 2.42. The van der Waals surface area contributed by atoms with Crippen molar-refractivity contribution in [1.29, 1.82) is 0 Å². The van der Waals surface area contributed by atoms with Crippen molar-refractivity contribution in [1.82, 2.24) is 0 Å². The third kappa shape index (κ3) is 3.56. The zero-order valence-electron chi connectivity index (χ0n) is 10.0. The molecule has 2 heteroatoms. The Morgan fingerprint density at radius 2 is 2.00 bits per heavy atom. The Balaban J connectivity index is 2.61. The van der Waals surface area contributed by atoms with E-state index in [-0.39, 0.29) is 0 Å². The first-order valence-electron chi connectivity index (χ1n) is 5.62. The summed E-state index contributed by atoms with van der Waals surface area (Å²) in [6, 6.07) is 8.49. The Morgan fingerprint density at radius 1 is 1.33 bits per heavy atom. The van der Waals surface area contributed by atoms with Crippen molar-refractivity contribution in [3.8, 4) is 0 Å². The van der Waals surface area contributed by atoms with E-state index in [2.05, 4.69) is 50.1 Å². The van der Waals surface area contributed by atoms with E-state index in [0.717, 1.165) is 19.5 Å². The average molecular weight is 206 g/mol. The smallest absolute Gasteiger partial charge is 0.0393 e. The molecule has 0 heterocycles.